The molecule has 2 amide bonds. The SMILES string of the molecule is O=C(NCCCCc1ccccn1)[C@@H]1CCC(=O)N(C2CCCCCC2)C1. The number of piperidine rings is 1. The van der Waals surface area contributed by atoms with Crippen LogP contribution in [0.3, 0.4) is 0 Å². The number of pyridine rings is 1. The van der Waals surface area contributed by atoms with Gasteiger partial charge in [0.2, 0.25) is 11.8 Å². The molecule has 2 heterocycles. The number of unbranched alkanes of at least 4 members (excludes halogenated alkanes) is 1. The van der Waals surface area contributed by atoms with E-state index in [1.165, 1.54) is 25.7 Å². The van der Waals surface area contributed by atoms with Crippen LogP contribution in [0.15, 0.2) is 24.4 Å². The molecule has 3 rings (SSSR count). The van der Waals surface area contributed by atoms with Gasteiger partial charge in [0, 0.05) is 37.4 Å². The molecule has 1 saturated heterocycles. The second-order valence-corrected chi connectivity index (χ2v) is 8.00. The highest BCUT2D eigenvalue weighted by molar-refractivity contribution is 5.84. The zero-order chi connectivity index (χ0) is 18.9. The highest BCUT2D eigenvalue weighted by Gasteiger charge is 2.34. The van der Waals surface area contributed by atoms with Crippen molar-refractivity contribution in [2.24, 2.45) is 5.92 Å². The Morgan fingerprint density at radius 3 is 2.67 bits per heavy atom. The Bertz CT molecular complexity index is 597. The van der Waals surface area contributed by atoms with Crippen molar-refractivity contribution in [1.29, 1.82) is 0 Å². The first-order chi connectivity index (χ1) is 13.2. The fourth-order valence-corrected chi connectivity index (χ4v) is 4.34. The van der Waals surface area contributed by atoms with Crippen molar-refractivity contribution in [3.63, 3.8) is 0 Å². The third-order valence-electron chi connectivity index (χ3n) is 5.97. The first-order valence-corrected chi connectivity index (χ1v) is 10.7. The number of hydrogen-bond acceptors (Lipinski definition) is 3. The van der Waals surface area contributed by atoms with Crippen LogP contribution in [0, 0.1) is 5.92 Å². The van der Waals surface area contributed by atoms with Crippen LogP contribution >= 0.6 is 0 Å². The van der Waals surface area contributed by atoms with E-state index in [0.717, 1.165) is 37.8 Å². The summed E-state index contributed by atoms with van der Waals surface area (Å²) in [5.74, 6) is 0.335. The molecule has 1 aromatic rings. The fraction of sp³-hybridized carbons (Fsp3) is 0.682. The van der Waals surface area contributed by atoms with E-state index < -0.39 is 0 Å². The third-order valence-corrected chi connectivity index (χ3v) is 5.97. The van der Waals surface area contributed by atoms with Crippen LogP contribution in [0.25, 0.3) is 0 Å². The molecule has 2 aliphatic rings. The highest BCUT2D eigenvalue weighted by Crippen LogP contribution is 2.27. The number of rotatable bonds is 7. The van der Waals surface area contributed by atoms with Crippen molar-refractivity contribution in [2.45, 2.75) is 76.7 Å². The van der Waals surface area contributed by atoms with Gasteiger partial charge in [-0.15, -0.1) is 0 Å². The van der Waals surface area contributed by atoms with Crippen molar-refractivity contribution in [3.8, 4) is 0 Å². The van der Waals surface area contributed by atoms with Gasteiger partial charge in [-0.1, -0.05) is 31.7 Å². The number of carbonyl (C=O) groups excluding carboxylic acids is 2. The van der Waals surface area contributed by atoms with Crippen molar-refractivity contribution in [3.05, 3.63) is 30.1 Å². The maximum atomic E-state index is 12.6. The summed E-state index contributed by atoms with van der Waals surface area (Å²) in [6.07, 6.45) is 13.2. The molecule has 1 saturated carbocycles. The minimum Gasteiger partial charge on any atom is -0.356 e. The first kappa shape index (κ1) is 19.8. The number of nitrogens with zero attached hydrogens (tertiary/aromatic N) is 2. The van der Waals surface area contributed by atoms with Gasteiger partial charge in [-0.3, -0.25) is 14.6 Å². The van der Waals surface area contributed by atoms with Gasteiger partial charge in [-0.2, -0.15) is 0 Å². The van der Waals surface area contributed by atoms with Crippen LogP contribution in [0.5, 0.6) is 0 Å². The summed E-state index contributed by atoms with van der Waals surface area (Å²) in [5.41, 5.74) is 1.11. The summed E-state index contributed by atoms with van der Waals surface area (Å²) >= 11 is 0. The molecular weight excluding hydrogens is 338 g/mol. The zero-order valence-electron chi connectivity index (χ0n) is 16.4. The Labute approximate surface area is 162 Å². The van der Waals surface area contributed by atoms with E-state index in [9.17, 15) is 9.59 Å². The number of amides is 2. The number of nitrogens with one attached hydrogen (secondary N) is 1. The summed E-state index contributed by atoms with van der Waals surface area (Å²) < 4.78 is 0. The average Bonchev–Trinajstić information content (AvgIpc) is 2.98. The average molecular weight is 372 g/mol. The van der Waals surface area contributed by atoms with E-state index >= 15 is 0 Å². The molecule has 5 nitrogen and oxygen atoms in total. The van der Waals surface area contributed by atoms with Crippen LogP contribution < -0.4 is 5.32 Å². The second kappa shape index (κ2) is 10.4. The van der Waals surface area contributed by atoms with E-state index in [2.05, 4.69) is 10.3 Å². The van der Waals surface area contributed by atoms with Gasteiger partial charge in [-0.05, 0) is 50.7 Å². The fourth-order valence-electron chi connectivity index (χ4n) is 4.34. The lowest BCUT2D eigenvalue weighted by Crippen LogP contribution is -2.50. The lowest BCUT2D eigenvalue weighted by molar-refractivity contribution is -0.141. The van der Waals surface area contributed by atoms with E-state index in [1.807, 2.05) is 29.3 Å². The number of aryl methyl sites for hydroxylation is 1. The van der Waals surface area contributed by atoms with Crippen molar-refractivity contribution < 1.29 is 9.59 Å². The van der Waals surface area contributed by atoms with Gasteiger partial charge in [0.1, 0.15) is 0 Å². The Kier molecular flexibility index (Phi) is 7.66. The van der Waals surface area contributed by atoms with Crippen LogP contribution in [0.2, 0.25) is 0 Å². The summed E-state index contributed by atoms with van der Waals surface area (Å²) in [6, 6.07) is 6.33. The zero-order valence-corrected chi connectivity index (χ0v) is 16.4. The molecular formula is C22H33N3O2. The molecule has 0 unspecified atom stereocenters. The quantitative estimate of drug-likeness (QED) is 0.589. The van der Waals surface area contributed by atoms with Crippen LogP contribution in [-0.2, 0) is 16.0 Å². The minimum absolute atomic E-state index is 0.0401. The Hall–Kier alpha value is -1.91. The Morgan fingerprint density at radius 1 is 1.11 bits per heavy atom. The van der Waals surface area contributed by atoms with Crippen LogP contribution in [0.4, 0.5) is 0 Å². The molecule has 27 heavy (non-hydrogen) atoms. The molecule has 2 fully saturated rings. The first-order valence-electron chi connectivity index (χ1n) is 10.7. The molecule has 1 aromatic heterocycles. The lowest BCUT2D eigenvalue weighted by atomic mass is 9.93. The monoisotopic (exact) mass is 371 g/mol. The van der Waals surface area contributed by atoms with Crippen molar-refractivity contribution in [2.75, 3.05) is 13.1 Å². The number of hydrogen-bond donors (Lipinski definition) is 1. The molecule has 5 heteroatoms. The molecule has 1 N–H and O–H groups in total. The molecule has 1 aliphatic carbocycles. The third kappa shape index (κ3) is 6.05. The van der Waals surface area contributed by atoms with Gasteiger partial charge in [0.25, 0.3) is 0 Å². The molecule has 0 aromatic carbocycles. The predicted molar refractivity (Wildman–Crippen MR) is 106 cm³/mol. The number of carbonyl (C=O) groups is 2. The number of likely N-dealkylation sites (tertiary alicyclic amines) is 1. The van der Waals surface area contributed by atoms with E-state index in [-0.39, 0.29) is 17.7 Å². The summed E-state index contributed by atoms with van der Waals surface area (Å²) in [5, 5.41) is 3.09. The van der Waals surface area contributed by atoms with Crippen molar-refractivity contribution in [1.82, 2.24) is 15.2 Å². The molecule has 1 aliphatic heterocycles. The van der Waals surface area contributed by atoms with Gasteiger partial charge in [0.15, 0.2) is 0 Å². The Morgan fingerprint density at radius 2 is 1.93 bits per heavy atom. The Balaban J connectivity index is 1.39. The second-order valence-electron chi connectivity index (χ2n) is 8.00. The summed E-state index contributed by atoms with van der Waals surface area (Å²) in [7, 11) is 0. The maximum absolute atomic E-state index is 12.6. The lowest BCUT2D eigenvalue weighted by Gasteiger charge is -2.37. The topological polar surface area (TPSA) is 62.3 Å². The van der Waals surface area contributed by atoms with E-state index in [0.29, 0.717) is 32.0 Å². The highest BCUT2D eigenvalue weighted by atomic mass is 16.2. The molecule has 148 valence electrons. The van der Waals surface area contributed by atoms with Crippen LogP contribution in [0.1, 0.15) is 69.9 Å². The normalized spacial score (nSPS) is 21.7. The van der Waals surface area contributed by atoms with E-state index in [1.54, 1.807) is 0 Å². The van der Waals surface area contributed by atoms with Crippen molar-refractivity contribution >= 4 is 11.8 Å². The van der Waals surface area contributed by atoms with Gasteiger partial charge < -0.3 is 10.2 Å². The molecule has 1 atom stereocenters. The number of aromatic nitrogens is 1. The standard InChI is InChI=1S/C22H33N3O2/c26-21-14-13-18(17-25(21)20-11-3-1-2-4-12-20)22(27)24-16-8-6-10-19-9-5-7-15-23-19/h5,7,9,15,18,20H,1-4,6,8,10-14,16-17H2,(H,24,27)/t18-/m1/s1. The smallest absolute Gasteiger partial charge is 0.224 e. The summed E-state index contributed by atoms with van der Waals surface area (Å²) in [4.78, 5) is 31.3. The molecule has 0 radical (unpaired) electrons. The molecule has 0 spiro atoms. The minimum atomic E-state index is -0.0401. The van der Waals surface area contributed by atoms with E-state index in [4.69, 9.17) is 0 Å². The largest absolute Gasteiger partial charge is 0.356 e. The summed E-state index contributed by atoms with van der Waals surface area (Å²) in [6.45, 7) is 1.32. The van der Waals surface area contributed by atoms with Gasteiger partial charge in [-0.25, -0.2) is 0 Å². The maximum Gasteiger partial charge on any atom is 0.224 e. The predicted octanol–water partition coefficient (Wildman–Crippen LogP) is 3.48. The van der Waals surface area contributed by atoms with Gasteiger partial charge >= 0.3 is 0 Å². The van der Waals surface area contributed by atoms with Crippen LogP contribution in [-0.4, -0.2) is 40.8 Å². The van der Waals surface area contributed by atoms with Gasteiger partial charge in [0.05, 0.1) is 5.92 Å². The molecule has 0 bridgehead atoms.